The van der Waals surface area contributed by atoms with E-state index in [2.05, 4.69) is 10.3 Å². The summed E-state index contributed by atoms with van der Waals surface area (Å²) in [6.07, 6.45) is 3.23. The minimum Gasteiger partial charge on any atom is -0.476 e. The largest absolute Gasteiger partial charge is 0.476 e. The van der Waals surface area contributed by atoms with Crippen molar-refractivity contribution in [1.29, 1.82) is 0 Å². The first-order valence-corrected chi connectivity index (χ1v) is 6.97. The van der Waals surface area contributed by atoms with E-state index in [1.54, 1.807) is 11.0 Å². The van der Waals surface area contributed by atoms with E-state index in [9.17, 15) is 9.59 Å². The Bertz CT molecular complexity index is 519. The van der Waals surface area contributed by atoms with Gasteiger partial charge < -0.3 is 20.1 Å². The number of carbonyl (C=O) groups excluding carboxylic acids is 1. The number of aromatic nitrogens is 1. The number of carboxylic acid groups (broad SMARTS) is 1. The molecule has 2 rings (SSSR count). The van der Waals surface area contributed by atoms with Crippen molar-refractivity contribution >= 4 is 17.7 Å². The Labute approximate surface area is 122 Å². The third-order valence-electron chi connectivity index (χ3n) is 3.32. The number of nitrogens with one attached hydrogen (secondary N) is 1. The summed E-state index contributed by atoms with van der Waals surface area (Å²) < 4.78 is 5.55. The molecule has 1 aromatic rings. The van der Waals surface area contributed by atoms with Crippen LogP contribution >= 0.6 is 0 Å². The number of rotatable bonds is 4. The van der Waals surface area contributed by atoms with Crippen LogP contribution in [0.3, 0.4) is 0 Å². The van der Waals surface area contributed by atoms with Crippen LogP contribution in [0.4, 0.5) is 10.5 Å². The molecular weight excluding hydrogens is 274 g/mol. The smallest absolute Gasteiger partial charge is 0.356 e. The molecule has 2 heterocycles. The van der Waals surface area contributed by atoms with Crippen LogP contribution in [-0.4, -0.2) is 52.8 Å². The maximum absolute atomic E-state index is 12.2. The molecule has 0 radical (unpaired) electrons. The van der Waals surface area contributed by atoms with Gasteiger partial charge in [0.2, 0.25) is 0 Å². The molecule has 0 aliphatic carbocycles. The van der Waals surface area contributed by atoms with E-state index in [-0.39, 0.29) is 23.5 Å². The van der Waals surface area contributed by atoms with Crippen molar-refractivity contribution < 1.29 is 19.4 Å². The number of hydrogen-bond acceptors (Lipinski definition) is 4. The van der Waals surface area contributed by atoms with Crippen molar-refractivity contribution in [2.45, 2.75) is 25.9 Å². The Balaban J connectivity index is 2.03. The molecular formula is C14H19N3O4. The van der Waals surface area contributed by atoms with E-state index in [4.69, 9.17) is 9.84 Å². The zero-order valence-corrected chi connectivity index (χ0v) is 11.9. The van der Waals surface area contributed by atoms with Crippen LogP contribution in [0.25, 0.3) is 0 Å². The first-order valence-electron chi connectivity index (χ1n) is 6.97. The quantitative estimate of drug-likeness (QED) is 0.883. The highest BCUT2D eigenvalue weighted by atomic mass is 16.5. The van der Waals surface area contributed by atoms with E-state index in [1.807, 2.05) is 6.92 Å². The van der Waals surface area contributed by atoms with E-state index >= 15 is 0 Å². The average Bonchev–Trinajstić information content (AvgIpc) is 2.48. The highest BCUT2D eigenvalue weighted by molar-refractivity contribution is 5.98. The molecule has 1 atom stereocenters. The molecule has 0 aromatic carbocycles. The number of nitrogens with zero attached hydrogens (tertiary/aromatic N) is 2. The van der Waals surface area contributed by atoms with Crippen molar-refractivity contribution in [2.75, 3.05) is 25.0 Å². The van der Waals surface area contributed by atoms with Crippen LogP contribution < -0.4 is 5.32 Å². The Morgan fingerprint density at radius 2 is 2.38 bits per heavy atom. The van der Waals surface area contributed by atoms with Gasteiger partial charge >= 0.3 is 12.0 Å². The van der Waals surface area contributed by atoms with Crippen molar-refractivity contribution in [3.05, 3.63) is 24.0 Å². The van der Waals surface area contributed by atoms with E-state index < -0.39 is 5.97 Å². The fourth-order valence-corrected chi connectivity index (χ4v) is 2.37. The Kier molecular flexibility index (Phi) is 5.10. The van der Waals surface area contributed by atoms with Crippen molar-refractivity contribution in [3.63, 3.8) is 0 Å². The maximum Gasteiger partial charge on any atom is 0.356 e. The molecule has 1 saturated heterocycles. The Hall–Kier alpha value is -2.15. The number of pyridine rings is 1. The minimum atomic E-state index is -1.17. The lowest BCUT2D eigenvalue weighted by Crippen LogP contribution is -2.45. The summed E-state index contributed by atoms with van der Waals surface area (Å²) in [4.78, 5) is 28.7. The van der Waals surface area contributed by atoms with Crippen LogP contribution in [0.2, 0.25) is 0 Å². The van der Waals surface area contributed by atoms with Gasteiger partial charge in [0.25, 0.3) is 0 Å². The predicted molar refractivity (Wildman–Crippen MR) is 76.4 cm³/mol. The normalized spacial score (nSPS) is 18.3. The summed E-state index contributed by atoms with van der Waals surface area (Å²) in [5.41, 5.74) is 0.0396. The fraction of sp³-hybridized carbons (Fsp3) is 0.500. The van der Waals surface area contributed by atoms with Crippen LogP contribution in [0.1, 0.15) is 30.3 Å². The Morgan fingerprint density at radius 1 is 1.57 bits per heavy atom. The van der Waals surface area contributed by atoms with Gasteiger partial charge in [0.15, 0.2) is 5.69 Å². The lowest BCUT2D eigenvalue weighted by atomic mass is 10.1. The van der Waals surface area contributed by atoms with E-state index in [0.29, 0.717) is 19.7 Å². The van der Waals surface area contributed by atoms with Gasteiger partial charge in [-0.2, -0.15) is 0 Å². The number of urea groups is 1. The van der Waals surface area contributed by atoms with Gasteiger partial charge in [0.05, 0.1) is 11.8 Å². The highest BCUT2D eigenvalue weighted by Gasteiger charge is 2.25. The second-order valence-electron chi connectivity index (χ2n) is 4.80. The monoisotopic (exact) mass is 293 g/mol. The van der Waals surface area contributed by atoms with Gasteiger partial charge in [-0.25, -0.2) is 14.6 Å². The SMILES string of the molecule is CCOC1CCCN(C(=O)Nc2cccnc2C(=O)O)C1. The molecule has 0 spiro atoms. The van der Waals surface area contributed by atoms with Crippen LogP contribution in [-0.2, 0) is 4.74 Å². The molecule has 0 saturated carbocycles. The number of aromatic carboxylic acids is 1. The number of anilines is 1. The Morgan fingerprint density at radius 3 is 3.10 bits per heavy atom. The molecule has 0 bridgehead atoms. The molecule has 2 amide bonds. The lowest BCUT2D eigenvalue weighted by Gasteiger charge is -2.32. The topological polar surface area (TPSA) is 91.8 Å². The van der Waals surface area contributed by atoms with Crippen LogP contribution in [0.5, 0.6) is 0 Å². The number of amides is 2. The summed E-state index contributed by atoms with van der Waals surface area (Å²) in [6, 6.07) is 2.79. The number of ether oxygens (including phenoxy) is 1. The van der Waals surface area contributed by atoms with Crippen molar-refractivity contribution in [3.8, 4) is 0 Å². The van der Waals surface area contributed by atoms with Gasteiger partial charge in [0, 0.05) is 25.9 Å². The number of piperidine rings is 1. The standard InChI is InChI=1S/C14H19N3O4/c1-2-21-10-5-4-8-17(9-10)14(20)16-11-6-3-7-15-12(11)13(18)19/h3,6-7,10H,2,4-5,8-9H2,1H3,(H,16,20)(H,18,19). The second kappa shape index (κ2) is 7.03. The zero-order chi connectivity index (χ0) is 15.2. The molecule has 1 fully saturated rings. The fourth-order valence-electron chi connectivity index (χ4n) is 2.37. The van der Waals surface area contributed by atoms with Gasteiger partial charge in [-0.1, -0.05) is 0 Å². The summed E-state index contributed by atoms with van der Waals surface area (Å²) in [5.74, 6) is -1.17. The first kappa shape index (κ1) is 15.2. The van der Waals surface area contributed by atoms with Gasteiger partial charge in [0.1, 0.15) is 0 Å². The first-order chi connectivity index (χ1) is 10.1. The molecule has 7 heteroatoms. The maximum atomic E-state index is 12.2. The minimum absolute atomic E-state index is 0.0438. The summed E-state index contributed by atoms with van der Waals surface area (Å²) in [6.45, 7) is 3.69. The third-order valence-corrected chi connectivity index (χ3v) is 3.32. The number of hydrogen-bond donors (Lipinski definition) is 2. The average molecular weight is 293 g/mol. The summed E-state index contributed by atoms with van der Waals surface area (Å²) >= 11 is 0. The van der Waals surface area contributed by atoms with Crippen molar-refractivity contribution in [2.24, 2.45) is 0 Å². The summed E-state index contributed by atoms with van der Waals surface area (Å²) in [5, 5.41) is 11.7. The molecule has 114 valence electrons. The molecule has 7 nitrogen and oxygen atoms in total. The second-order valence-corrected chi connectivity index (χ2v) is 4.80. The predicted octanol–water partition coefficient (Wildman–Crippen LogP) is 1.81. The highest BCUT2D eigenvalue weighted by Crippen LogP contribution is 2.17. The molecule has 1 aliphatic rings. The van der Waals surface area contributed by atoms with Gasteiger partial charge in [-0.15, -0.1) is 0 Å². The van der Waals surface area contributed by atoms with E-state index in [1.165, 1.54) is 12.3 Å². The van der Waals surface area contributed by atoms with E-state index in [0.717, 1.165) is 12.8 Å². The lowest BCUT2D eigenvalue weighted by molar-refractivity contribution is 0.0181. The number of carbonyl (C=O) groups is 2. The van der Waals surface area contributed by atoms with Crippen molar-refractivity contribution in [1.82, 2.24) is 9.88 Å². The van der Waals surface area contributed by atoms with Gasteiger partial charge in [-0.05, 0) is 31.9 Å². The third kappa shape index (κ3) is 3.91. The molecule has 1 unspecified atom stereocenters. The zero-order valence-electron chi connectivity index (χ0n) is 11.9. The van der Waals surface area contributed by atoms with Gasteiger partial charge in [-0.3, -0.25) is 0 Å². The number of carboxylic acids is 1. The summed E-state index contributed by atoms with van der Waals surface area (Å²) in [7, 11) is 0. The molecule has 1 aromatic heterocycles. The molecule has 2 N–H and O–H groups in total. The van der Waals surface area contributed by atoms with Crippen LogP contribution in [0, 0.1) is 0 Å². The number of likely N-dealkylation sites (tertiary alicyclic amines) is 1. The molecule has 1 aliphatic heterocycles. The molecule has 21 heavy (non-hydrogen) atoms. The van der Waals surface area contributed by atoms with Crippen LogP contribution in [0.15, 0.2) is 18.3 Å².